The number of anilines is 1. The summed E-state index contributed by atoms with van der Waals surface area (Å²) in [4.78, 5) is 12.8. The molecular weight excluding hydrogens is 348 g/mol. The fraction of sp³-hybridized carbons (Fsp3) is 0.375. The molecule has 146 valence electrons. The van der Waals surface area contributed by atoms with Crippen LogP contribution in [-0.2, 0) is 0 Å². The number of nitrogens with one attached hydrogen (secondary N) is 2. The molecule has 2 aromatic carbocycles. The lowest BCUT2D eigenvalue weighted by Gasteiger charge is -2.38. The number of ether oxygens (including phenoxy) is 1. The van der Waals surface area contributed by atoms with E-state index in [1.807, 2.05) is 31.2 Å². The SMILES string of the molecule is CCCNC(=O)c1cccc2c1NC(c1ccccc1OCC)C1CC=CC21. The van der Waals surface area contributed by atoms with Crippen molar-refractivity contribution in [1.29, 1.82) is 0 Å². The van der Waals surface area contributed by atoms with E-state index >= 15 is 0 Å². The molecule has 0 radical (unpaired) electrons. The highest BCUT2D eigenvalue weighted by molar-refractivity contribution is 6.00. The summed E-state index contributed by atoms with van der Waals surface area (Å²) < 4.78 is 5.92. The molecule has 0 fully saturated rings. The molecule has 3 atom stereocenters. The van der Waals surface area contributed by atoms with Gasteiger partial charge in [0.25, 0.3) is 5.91 Å². The van der Waals surface area contributed by atoms with E-state index in [0.717, 1.165) is 35.4 Å². The Morgan fingerprint density at radius 3 is 2.79 bits per heavy atom. The van der Waals surface area contributed by atoms with E-state index in [4.69, 9.17) is 4.74 Å². The molecule has 1 amide bonds. The topological polar surface area (TPSA) is 50.4 Å². The molecular formula is C24H28N2O2. The van der Waals surface area contributed by atoms with Crippen LogP contribution in [0.25, 0.3) is 0 Å². The molecule has 3 unspecified atom stereocenters. The van der Waals surface area contributed by atoms with Crippen LogP contribution in [0, 0.1) is 5.92 Å². The zero-order valence-corrected chi connectivity index (χ0v) is 16.6. The van der Waals surface area contributed by atoms with Crippen LogP contribution in [0.1, 0.15) is 60.1 Å². The third-order valence-electron chi connectivity index (χ3n) is 5.73. The zero-order valence-electron chi connectivity index (χ0n) is 16.6. The van der Waals surface area contributed by atoms with E-state index < -0.39 is 0 Å². The van der Waals surface area contributed by atoms with Gasteiger partial charge in [0.05, 0.1) is 23.9 Å². The van der Waals surface area contributed by atoms with Gasteiger partial charge in [0.15, 0.2) is 0 Å². The average molecular weight is 377 g/mol. The standard InChI is InChI=1S/C24H28N2O2/c1-3-15-25-24(27)20-13-8-12-18-16-10-7-11-17(16)22(26-23(18)20)19-9-5-6-14-21(19)28-4-2/h5-10,12-14,16-17,22,26H,3-4,11,15H2,1-2H3,(H,25,27). The Kier molecular flexibility index (Phi) is 5.38. The smallest absolute Gasteiger partial charge is 0.253 e. The molecule has 0 bridgehead atoms. The monoisotopic (exact) mass is 376 g/mol. The van der Waals surface area contributed by atoms with Crippen LogP contribution in [0.15, 0.2) is 54.6 Å². The average Bonchev–Trinajstić information content (AvgIpc) is 3.22. The number of hydrogen-bond acceptors (Lipinski definition) is 3. The fourth-order valence-corrected chi connectivity index (χ4v) is 4.48. The minimum absolute atomic E-state index is 0.0107. The minimum atomic E-state index is -0.0107. The predicted molar refractivity (Wildman–Crippen MR) is 113 cm³/mol. The third kappa shape index (κ3) is 3.28. The maximum Gasteiger partial charge on any atom is 0.253 e. The van der Waals surface area contributed by atoms with Crippen molar-refractivity contribution < 1.29 is 9.53 Å². The van der Waals surface area contributed by atoms with Crippen LogP contribution in [0.2, 0.25) is 0 Å². The van der Waals surface area contributed by atoms with Crippen molar-refractivity contribution in [3.63, 3.8) is 0 Å². The van der Waals surface area contributed by atoms with Gasteiger partial charge in [-0.1, -0.05) is 49.4 Å². The summed E-state index contributed by atoms with van der Waals surface area (Å²) >= 11 is 0. The summed E-state index contributed by atoms with van der Waals surface area (Å²) in [6, 6.07) is 14.4. The zero-order chi connectivity index (χ0) is 19.5. The molecule has 1 heterocycles. The van der Waals surface area contributed by atoms with E-state index in [2.05, 4.69) is 47.9 Å². The molecule has 0 spiro atoms. The molecule has 0 aromatic heterocycles. The second-order valence-electron chi connectivity index (χ2n) is 7.47. The molecule has 4 rings (SSSR count). The van der Waals surface area contributed by atoms with Gasteiger partial charge in [-0.3, -0.25) is 4.79 Å². The molecule has 1 aliphatic heterocycles. The molecule has 28 heavy (non-hydrogen) atoms. The van der Waals surface area contributed by atoms with Crippen molar-refractivity contribution in [1.82, 2.24) is 5.32 Å². The maximum absolute atomic E-state index is 12.8. The Morgan fingerprint density at radius 1 is 1.14 bits per heavy atom. The molecule has 2 N–H and O–H groups in total. The molecule has 1 aliphatic carbocycles. The van der Waals surface area contributed by atoms with Gasteiger partial charge >= 0.3 is 0 Å². The second kappa shape index (κ2) is 8.09. The van der Waals surface area contributed by atoms with Crippen LogP contribution in [0.5, 0.6) is 5.75 Å². The van der Waals surface area contributed by atoms with Crippen LogP contribution in [0.3, 0.4) is 0 Å². The number of fused-ring (bicyclic) bond motifs is 3. The summed E-state index contributed by atoms with van der Waals surface area (Å²) in [7, 11) is 0. The van der Waals surface area contributed by atoms with Gasteiger partial charge in [-0.25, -0.2) is 0 Å². The van der Waals surface area contributed by atoms with E-state index in [-0.39, 0.29) is 11.9 Å². The number of carbonyl (C=O) groups excluding carboxylic acids is 1. The molecule has 4 heteroatoms. The highest BCUT2D eigenvalue weighted by Gasteiger charge is 2.40. The van der Waals surface area contributed by atoms with Gasteiger partial charge in [0, 0.05) is 18.0 Å². The van der Waals surface area contributed by atoms with Crippen molar-refractivity contribution in [3.05, 3.63) is 71.3 Å². The Balaban J connectivity index is 1.76. The number of hydrogen-bond donors (Lipinski definition) is 2. The van der Waals surface area contributed by atoms with Crippen molar-refractivity contribution in [3.8, 4) is 5.75 Å². The number of rotatable bonds is 6. The van der Waals surface area contributed by atoms with E-state index in [0.29, 0.717) is 25.0 Å². The predicted octanol–water partition coefficient (Wildman–Crippen LogP) is 5.05. The fourth-order valence-electron chi connectivity index (χ4n) is 4.48. The minimum Gasteiger partial charge on any atom is -0.494 e. The Hall–Kier alpha value is -2.75. The van der Waals surface area contributed by atoms with Gasteiger partial charge in [0.1, 0.15) is 5.75 Å². The first-order valence-electron chi connectivity index (χ1n) is 10.3. The van der Waals surface area contributed by atoms with Crippen LogP contribution in [-0.4, -0.2) is 19.1 Å². The summed E-state index contributed by atoms with van der Waals surface area (Å²) in [6.07, 6.45) is 6.51. The lowest BCUT2D eigenvalue weighted by atomic mass is 9.76. The first-order valence-corrected chi connectivity index (χ1v) is 10.3. The Morgan fingerprint density at radius 2 is 1.96 bits per heavy atom. The number of allylic oxidation sites excluding steroid dienone is 2. The Bertz CT molecular complexity index is 890. The van der Waals surface area contributed by atoms with Crippen LogP contribution < -0.4 is 15.4 Å². The van der Waals surface area contributed by atoms with Crippen LogP contribution in [0.4, 0.5) is 5.69 Å². The van der Waals surface area contributed by atoms with E-state index in [1.165, 1.54) is 5.56 Å². The normalized spacial score (nSPS) is 22.1. The lowest BCUT2D eigenvalue weighted by molar-refractivity contribution is 0.0954. The number of para-hydroxylation sites is 2. The van der Waals surface area contributed by atoms with E-state index in [9.17, 15) is 4.79 Å². The number of carbonyl (C=O) groups is 1. The van der Waals surface area contributed by atoms with Crippen molar-refractivity contribution in [2.45, 2.75) is 38.6 Å². The van der Waals surface area contributed by atoms with Crippen molar-refractivity contribution in [2.75, 3.05) is 18.5 Å². The first-order chi connectivity index (χ1) is 13.7. The number of amides is 1. The quantitative estimate of drug-likeness (QED) is 0.694. The first kappa shape index (κ1) is 18.6. The van der Waals surface area contributed by atoms with Gasteiger partial charge in [-0.2, -0.15) is 0 Å². The highest BCUT2D eigenvalue weighted by atomic mass is 16.5. The third-order valence-corrected chi connectivity index (χ3v) is 5.73. The van der Waals surface area contributed by atoms with Crippen LogP contribution >= 0.6 is 0 Å². The van der Waals surface area contributed by atoms with Crippen molar-refractivity contribution >= 4 is 11.6 Å². The second-order valence-corrected chi connectivity index (χ2v) is 7.47. The molecule has 0 saturated carbocycles. The van der Waals surface area contributed by atoms with Gasteiger partial charge < -0.3 is 15.4 Å². The van der Waals surface area contributed by atoms with E-state index in [1.54, 1.807) is 0 Å². The van der Waals surface area contributed by atoms with Crippen molar-refractivity contribution in [2.24, 2.45) is 5.92 Å². The maximum atomic E-state index is 12.8. The summed E-state index contributed by atoms with van der Waals surface area (Å²) in [5, 5.41) is 6.75. The highest BCUT2D eigenvalue weighted by Crippen LogP contribution is 2.51. The summed E-state index contributed by atoms with van der Waals surface area (Å²) in [5.41, 5.74) is 4.06. The molecule has 0 saturated heterocycles. The summed E-state index contributed by atoms with van der Waals surface area (Å²) in [5.74, 6) is 1.64. The largest absolute Gasteiger partial charge is 0.494 e. The van der Waals surface area contributed by atoms with Gasteiger partial charge in [0.2, 0.25) is 0 Å². The van der Waals surface area contributed by atoms with Gasteiger partial charge in [-0.15, -0.1) is 0 Å². The van der Waals surface area contributed by atoms with Gasteiger partial charge in [-0.05, 0) is 43.4 Å². The summed E-state index contributed by atoms with van der Waals surface area (Å²) in [6.45, 7) is 5.40. The Labute approximate surface area is 167 Å². The molecule has 2 aliphatic rings. The number of benzene rings is 2. The lowest BCUT2D eigenvalue weighted by Crippen LogP contribution is -2.32. The molecule has 4 nitrogen and oxygen atoms in total. The molecule has 2 aromatic rings.